The van der Waals surface area contributed by atoms with E-state index in [1.54, 1.807) is 0 Å². The molecule has 1 aliphatic carbocycles. The van der Waals surface area contributed by atoms with Crippen LogP contribution in [-0.2, 0) is 16.1 Å². The minimum absolute atomic E-state index is 0.271. The van der Waals surface area contributed by atoms with Gasteiger partial charge in [0.2, 0.25) is 0 Å². The number of nitrogens with zero attached hydrogens (tertiary/aromatic N) is 3. The predicted molar refractivity (Wildman–Crippen MR) is 63.2 cm³/mol. The smallest absolute Gasteiger partial charge is 0.323 e. The minimum atomic E-state index is -0.813. The summed E-state index contributed by atoms with van der Waals surface area (Å²) in [4.78, 5) is 17.3. The number of aromatic nitrogens is 2. The molecule has 0 amide bonds. The van der Waals surface area contributed by atoms with Gasteiger partial charge in [0.25, 0.3) is 0 Å². The van der Waals surface area contributed by atoms with E-state index in [0.717, 1.165) is 5.69 Å². The second-order valence-corrected chi connectivity index (χ2v) is 4.92. The van der Waals surface area contributed by atoms with Gasteiger partial charge in [-0.3, -0.25) is 9.69 Å². The zero-order valence-electron chi connectivity index (χ0n) is 10.2. The molecule has 1 N–H and O–H groups in total. The zero-order chi connectivity index (χ0) is 12.5. The lowest BCUT2D eigenvalue weighted by Gasteiger charge is -2.32. The molecule has 1 aromatic rings. The Kier molecular flexibility index (Phi) is 3.05. The van der Waals surface area contributed by atoms with Gasteiger partial charge in [0, 0.05) is 25.3 Å². The zero-order valence-corrected chi connectivity index (χ0v) is 10.2. The predicted octanol–water partition coefficient (Wildman–Crippen LogP) is 0.503. The molecule has 0 aromatic carbocycles. The van der Waals surface area contributed by atoms with Crippen LogP contribution in [0.1, 0.15) is 24.6 Å². The van der Waals surface area contributed by atoms with Crippen LogP contribution in [0.4, 0.5) is 0 Å². The highest BCUT2D eigenvalue weighted by Crippen LogP contribution is 2.35. The van der Waals surface area contributed by atoms with Gasteiger partial charge in [-0.05, 0) is 12.8 Å². The molecule has 18 heavy (non-hydrogen) atoms. The van der Waals surface area contributed by atoms with Gasteiger partial charge < -0.3 is 14.4 Å². The van der Waals surface area contributed by atoms with E-state index in [1.807, 2.05) is 17.4 Å². The van der Waals surface area contributed by atoms with Crippen LogP contribution in [0.15, 0.2) is 12.5 Å². The molecule has 1 aromatic heterocycles. The Labute approximate surface area is 105 Å². The van der Waals surface area contributed by atoms with E-state index in [-0.39, 0.29) is 6.61 Å². The van der Waals surface area contributed by atoms with Gasteiger partial charge in [0.1, 0.15) is 6.04 Å². The normalized spacial score (nSPS) is 25.2. The number of morpholine rings is 1. The fourth-order valence-electron chi connectivity index (χ4n) is 2.40. The second-order valence-electron chi connectivity index (χ2n) is 4.92. The first-order valence-electron chi connectivity index (χ1n) is 6.31. The molecule has 6 nitrogen and oxygen atoms in total. The van der Waals surface area contributed by atoms with E-state index < -0.39 is 12.0 Å². The van der Waals surface area contributed by atoms with Crippen molar-refractivity contribution in [2.45, 2.75) is 31.5 Å². The van der Waals surface area contributed by atoms with Crippen LogP contribution in [0.2, 0.25) is 0 Å². The highest BCUT2D eigenvalue weighted by molar-refractivity contribution is 5.73. The second kappa shape index (κ2) is 4.70. The van der Waals surface area contributed by atoms with E-state index in [0.29, 0.717) is 25.7 Å². The molecule has 6 heteroatoms. The number of carboxylic acids is 1. The molecule has 0 bridgehead atoms. The van der Waals surface area contributed by atoms with E-state index in [4.69, 9.17) is 4.74 Å². The molecule has 1 atom stereocenters. The summed E-state index contributed by atoms with van der Waals surface area (Å²) in [6.07, 6.45) is 6.10. The van der Waals surface area contributed by atoms with Gasteiger partial charge >= 0.3 is 5.97 Å². The molecule has 98 valence electrons. The van der Waals surface area contributed by atoms with Crippen molar-refractivity contribution in [3.63, 3.8) is 0 Å². The summed E-state index contributed by atoms with van der Waals surface area (Å²) in [6.45, 7) is 2.16. The number of hydrogen-bond acceptors (Lipinski definition) is 4. The maximum atomic E-state index is 11.2. The quantitative estimate of drug-likeness (QED) is 0.844. The van der Waals surface area contributed by atoms with Crippen molar-refractivity contribution in [3.8, 4) is 0 Å². The number of rotatable bonds is 4. The van der Waals surface area contributed by atoms with Crippen LogP contribution < -0.4 is 0 Å². The van der Waals surface area contributed by atoms with Crippen molar-refractivity contribution in [1.29, 1.82) is 0 Å². The lowest BCUT2D eigenvalue weighted by molar-refractivity contribution is -0.150. The van der Waals surface area contributed by atoms with Crippen LogP contribution >= 0.6 is 0 Å². The SMILES string of the molecule is O=C(O)C1COCCN1Cc1cncn1C1CC1. The maximum Gasteiger partial charge on any atom is 0.323 e. The van der Waals surface area contributed by atoms with Crippen LogP contribution in [0.25, 0.3) is 0 Å². The first-order valence-corrected chi connectivity index (χ1v) is 6.31. The molecular formula is C12H17N3O3. The van der Waals surface area contributed by atoms with Gasteiger partial charge in [-0.15, -0.1) is 0 Å². The van der Waals surface area contributed by atoms with Crippen LogP contribution in [-0.4, -0.2) is 51.3 Å². The number of aliphatic carboxylic acids is 1. The third-order valence-corrected chi connectivity index (χ3v) is 3.58. The molecule has 1 unspecified atom stereocenters. The van der Waals surface area contributed by atoms with Crippen LogP contribution in [0.5, 0.6) is 0 Å². The maximum absolute atomic E-state index is 11.2. The Bertz CT molecular complexity index is 442. The number of ether oxygens (including phenoxy) is 1. The van der Waals surface area contributed by atoms with Crippen molar-refractivity contribution >= 4 is 5.97 Å². The molecule has 0 spiro atoms. The molecular weight excluding hydrogens is 234 g/mol. The van der Waals surface area contributed by atoms with E-state index in [1.165, 1.54) is 12.8 Å². The molecule has 2 aliphatic rings. The van der Waals surface area contributed by atoms with E-state index in [9.17, 15) is 9.90 Å². The summed E-state index contributed by atoms with van der Waals surface area (Å²) in [5.41, 5.74) is 1.10. The van der Waals surface area contributed by atoms with Gasteiger partial charge in [-0.1, -0.05) is 0 Å². The molecule has 3 rings (SSSR count). The molecule has 2 heterocycles. The fourth-order valence-corrected chi connectivity index (χ4v) is 2.40. The first kappa shape index (κ1) is 11.7. The fraction of sp³-hybridized carbons (Fsp3) is 0.667. The topological polar surface area (TPSA) is 67.6 Å². The standard InChI is InChI=1S/C12H17N3O3/c16-12(17)11-7-18-4-3-14(11)6-10-5-13-8-15(10)9-1-2-9/h5,8-9,11H,1-4,6-7H2,(H,16,17). The average molecular weight is 251 g/mol. The van der Waals surface area contributed by atoms with Gasteiger partial charge in [-0.2, -0.15) is 0 Å². The molecule has 1 aliphatic heterocycles. The third kappa shape index (κ3) is 2.26. The largest absolute Gasteiger partial charge is 0.480 e. The summed E-state index contributed by atoms with van der Waals surface area (Å²) >= 11 is 0. The van der Waals surface area contributed by atoms with E-state index in [2.05, 4.69) is 9.55 Å². The highest BCUT2D eigenvalue weighted by atomic mass is 16.5. The summed E-state index contributed by atoms with van der Waals surface area (Å²) in [7, 11) is 0. The highest BCUT2D eigenvalue weighted by Gasteiger charge is 2.31. The van der Waals surface area contributed by atoms with Crippen molar-refractivity contribution in [2.24, 2.45) is 0 Å². The molecule has 0 radical (unpaired) electrons. The number of imidazole rings is 1. The van der Waals surface area contributed by atoms with Gasteiger partial charge in [0.15, 0.2) is 0 Å². The summed E-state index contributed by atoms with van der Waals surface area (Å²) in [6, 6.07) is 0.0353. The van der Waals surface area contributed by atoms with E-state index >= 15 is 0 Å². The van der Waals surface area contributed by atoms with Gasteiger partial charge in [-0.25, -0.2) is 4.98 Å². The van der Waals surface area contributed by atoms with Crippen molar-refractivity contribution in [1.82, 2.24) is 14.5 Å². The first-order chi connectivity index (χ1) is 8.75. The van der Waals surface area contributed by atoms with Gasteiger partial charge in [0.05, 0.1) is 25.2 Å². The Morgan fingerprint density at radius 3 is 3.11 bits per heavy atom. The Balaban J connectivity index is 1.73. The summed E-state index contributed by atoms with van der Waals surface area (Å²) in [5.74, 6) is -0.813. The lowest BCUT2D eigenvalue weighted by Crippen LogP contribution is -2.49. The summed E-state index contributed by atoms with van der Waals surface area (Å²) < 4.78 is 7.41. The van der Waals surface area contributed by atoms with Crippen LogP contribution in [0, 0.1) is 0 Å². The van der Waals surface area contributed by atoms with Crippen LogP contribution in [0.3, 0.4) is 0 Å². The van der Waals surface area contributed by atoms with Crippen molar-refractivity contribution in [3.05, 3.63) is 18.2 Å². The van der Waals surface area contributed by atoms with Crippen molar-refractivity contribution in [2.75, 3.05) is 19.8 Å². The Morgan fingerprint density at radius 2 is 2.39 bits per heavy atom. The number of carboxylic acid groups (broad SMARTS) is 1. The van der Waals surface area contributed by atoms with Crippen molar-refractivity contribution < 1.29 is 14.6 Å². The Hall–Kier alpha value is -1.40. The number of carbonyl (C=O) groups is 1. The average Bonchev–Trinajstić information content (AvgIpc) is 3.11. The number of hydrogen-bond donors (Lipinski definition) is 1. The lowest BCUT2D eigenvalue weighted by atomic mass is 10.2. The Morgan fingerprint density at radius 1 is 1.56 bits per heavy atom. The monoisotopic (exact) mass is 251 g/mol. The minimum Gasteiger partial charge on any atom is -0.480 e. The molecule has 1 saturated heterocycles. The molecule has 2 fully saturated rings. The summed E-state index contributed by atoms with van der Waals surface area (Å²) in [5, 5.41) is 9.18. The molecule has 1 saturated carbocycles. The third-order valence-electron chi connectivity index (χ3n) is 3.58.